The molecule has 0 aliphatic heterocycles. The SMILES string of the molecule is CCCCC/C=C\C/C=C\CCCCCCCCCCCC(=O)OC(CCCCC/C=C/CCCCCCCCC)CC(=O)NC(CO)C(O)CCCCCCCCCCC. The molecule has 61 heavy (non-hydrogen) atoms. The summed E-state index contributed by atoms with van der Waals surface area (Å²) in [5.41, 5.74) is 0. The molecule has 358 valence electrons. The molecule has 3 atom stereocenters. The Kier molecular flexibility index (Phi) is 47.6. The summed E-state index contributed by atoms with van der Waals surface area (Å²) in [6, 6.07) is -0.703. The van der Waals surface area contributed by atoms with Gasteiger partial charge in [0, 0.05) is 6.42 Å². The molecule has 6 heteroatoms. The minimum atomic E-state index is -0.789. The molecule has 6 nitrogen and oxygen atoms in total. The lowest BCUT2D eigenvalue weighted by Gasteiger charge is -2.24. The van der Waals surface area contributed by atoms with Crippen LogP contribution in [-0.2, 0) is 14.3 Å². The first-order valence-corrected chi connectivity index (χ1v) is 26.7. The van der Waals surface area contributed by atoms with Crippen LogP contribution in [-0.4, -0.2) is 46.9 Å². The highest BCUT2D eigenvalue weighted by molar-refractivity contribution is 5.77. The molecule has 3 N–H and O–H groups in total. The van der Waals surface area contributed by atoms with Crippen LogP contribution in [0.2, 0.25) is 0 Å². The minimum Gasteiger partial charge on any atom is -0.462 e. The molecule has 3 unspecified atom stereocenters. The number of rotatable bonds is 48. The van der Waals surface area contributed by atoms with Gasteiger partial charge in [-0.3, -0.25) is 9.59 Å². The number of nitrogens with one attached hydrogen (secondary N) is 1. The maximum absolute atomic E-state index is 13.2. The molecule has 0 aliphatic carbocycles. The quantitative estimate of drug-likeness (QED) is 0.0322. The van der Waals surface area contributed by atoms with Crippen molar-refractivity contribution in [3.8, 4) is 0 Å². The van der Waals surface area contributed by atoms with Gasteiger partial charge < -0.3 is 20.3 Å². The normalized spacial score (nSPS) is 13.5. The van der Waals surface area contributed by atoms with Crippen molar-refractivity contribution in [1.82, 2.24) is 5.32 Å². The number of unbranched alkanes of at least 4 members (excludes halogenated alkanes) is 30. The number of ether oxygens (including phenoxy) is 1. The molecule has 0 spiro atoms. The molecule has 0 radical (unpaired) electrons. The maximum atomic E-state index is 13.2. The second-order valence-corrected chi connectivity index (χ2v) is 18.3. The van der Waals surface area contributed by atoms with Gasteiger partial charge in [0.1, 0.15) is 6.10 Å². The largest absolute Gasteiger partial charge is 0.462 e. The lowest BCUT2D eigenvalue weighted by Crippen LogP contribution is -2.46. The van der Waals surface area contributed by atoms with Crippen molar-refractivity contribution in [1.29, 1.82) is 0 Å². The van der Waals surface area contributed by atoms with Crippen molar-refractivity contribution in [3.63, 3.8) is 0 Å². The molecular formula is C55H103NO5. The molecule has 0 rings (SSSR count). The van der Waals surface area contributed by atoms with E-state index in [9.17, 15) is 19.8 Å². The molecular weight excluding hydrogens is 755 g/mol. The molecule has 1 amide bonds. The van der Waals surface area contributed by atoms with E-state index in [1.54, 1.807) is 0 Å². The minimum absolute atomic E-state index is 0.0676. The van der Waals surface area contributed by atoms with Crippen molar-refractivity contribution in [2.75, 3.05) is 6.61 Å². The summed E-state index contributed by atoms with van der Waals surface area (Å²) >= 11 is 0. The number of amides is 1. The third-order valence-corrected chi connectivity index (χ3v) is 12.2. The zero-order valence-corrected chi connectivity index (χ0v) is 40.8. The number of esters is 1. The van der Waals surface area contributed by atoms with Gasteiger partial charge in [-0.1, -0.05) is 218 Å². The predicted octanol–water partition coefficient (Wildman–Crippen LogP) is 16.1. The Labute approximate surface area is 379 Å². The highest BCUT2D eigenvalue weighted by Crippen LogP contribution is 2.18. The van der Waals surface area contributed by atoms with E-state index < -0.39 is 18.2 Å². The van der Waals surface area contributed by atoms with Gasteiger partial charge in [-0.05, 0) is 83.5 Å². The molecule has 0 fully saturated rings. The van der Waals surface area contributed by atoms with Gasteiger partial charge in [-0.25, -0.2) is 0 Å². The zero-order chi connectivity index (χ0) is 44.5. The van der Waals surface area contributed by atoms with Crippen LogP contribution in [0.15, 0.2) is 36.5 Å². The van der Waals surface area contributed by atoms with E-state index in [1.165, 1.54) is 161 Å². The van der Waals surface area contributed by atoms with Crippen LogP contribution in [0.4, 0.5) is 0 Å². The second kappa shape index (κ2) is 49.1. The lowest BCUT2D eigenvalue weighted by atomic mass is 10.0. The van der Waals surface area contributed by atoms with Crippen LogP contribution in [0.1, 0.15) is 278 Å². The number of hydrogen-bond donors (Lipinski definition) is 3. The standard InChI is InChI=1S/C55H103NO5/c1-4-7-10-13-16-19-21-23-25-26-27-28-29-31-33-36-39-42-45-48-55(60)61-51(46-43-40-37-35-32-30-24-22-20-17-14-11-8-5-2)49-54(59)56-52(50-57)53(58)47-44-41-38-34-18-15-12-9-6-3/h16,19,23,25,30,32,51-53,57-58H,4-15,17-18,20-22,24,26-29,31,33-50H2,1-3H3,(H,56,59)/b19-16-,25-23-,32-30+. The lowest BCUT2D eigenvalue weighted by molar-refractivity contribution is -0.151. The third kappa shape index (κ3) is 44.5. The summed E-state index contributed by atoms with van der Waals surface area (Å²) in [4.78, 5) is 26.1. The first-order valence-electron chi connectivity index (χ1n) is 26.7. The van der Waals surface area contributed by atoms with E-state index >= 15 is 0 Å². The Hall–Kier alpha value is -1.92. The number of hydrogen-bond acceptors (Lipinski definition) is 5. The number of allylic oxidation sites excluding steroid dienone is 6. The Bertz CT molecular complexity index is 1010. The maximum Gasteiger partial charge on any atom is 0.306 e. The van der Waals surface area contributed by atoms with Crippen LogP contribution in [0.5, 0.6) is 0 Å². The Morgan fingerprint density at radius 2 is 0.836 bits per heavy atom. The molecule has 0 saturated carbocycles. The third-order valence-electron chi connectivity index (χ3n) is 12.2. The van der Waals surface area contributed by atoms with Crippen molar-refractivity contribution < 1.29 is 24.5 Å². The van der Waals surface area contributed by atoms with E-state index in [0.29, 0.717) is 19.3 Å². The molecule has 0 aromatic heterocycles. The van der Waals surface area contributed by atoms with Gasteiger partial charge in [0.15, 0.2) is 0 Å². The van der Waals surface area contributed by atoms with Gasteiger partial charge in [-0.2, -0.15) is 0 Å². The van der Waals surface area contributed by atoms with Gasteiger partial charge in [0.05, 0.1) is 25.2 Å². The van der Waals surface area contributed by atoms with Gasteiger partial charge in [0.25, 0.3) is 0 Å². The fourth-order valence-electron chi connectivity index (χ4n) is 8.10. The number of carbonyl (C=O) groups is 2. The van der Waals surface area contributed by atoms with E-state index in [1.807, 2.05) is 0 Å². The first kappa shape index (κ1) is 59.1. The van der Waals surface area contributed by atoms with Crippen LogP contribution >= 0.6 is 0 Å². The molecule has 0 bridgehead atoms. The molecule has 0 aliphatic rings. The average molecular weight is 858 g/mol. The van der Waals surface area contributed by atoms with E-state index in [-0.39, 0.29) is 24.9 Å². The molecule has 0 aromatic carbocycles. The highest BCUT2D eigenvalue weighted by Gasteiger charge is 2.24. The fraction of sp³-hybridized carbons (Fsp3) is 0.855. The van der Waals surface area contributed by atoms with Crippen molar-refractivity contribution in [2.24, 2.45) is 0 Å². The van der Waals surface area contributed by atoms with Gasteiger partial charge >= 0.3 is 5.97 Å². The summed E-state index contributed by atoms with van der Waals surface area (Å²) in [7, 11) is 0. The summed E-state index contributed by atoms with van der Waals surface area (Å²) in [6.07, 6.45) is 57.8. The zero-order valence-electron chi connectivity index (χ0n) is 40.8. The molecule has 0 aromatic rings. The highest BCUT2D eigenvalue weighted by atomic mass is 16.5. The average Bonchev–Trinajstić information content (AvgIpc) is 3.25. The summed E-state index contributed by atoms with van der Waals surface area (Å²) in [5.74, 6) is -0.485. The molecule has 0 saturated heterocycles. The summed E-state index contributed by atoms with van der Waals surface area (Å²) in [6.45, 7) is 6.45. The Morgan fingerprint density at radius 3 is 1.31 bits per heavy atom. The van der Waals surface area contributed by atoms with Crippen LogP contribution in [0.25, 0.3) is 0 Å². The van der Waals surface area contributed by atoms with E-state index in [4.69, 9.17) is 4.74 Å². The summed E-state index contributed by atoms with van der Waals surface area (Å²) < 4.78 is 5.93. The predicted molar refractivity (Wildman–Crippen MR) is 264 cm³/mol. The monoisotopic (exact) mass is 858 g/mol. The van der Waals surface area contributed by atoms with Crippen LogP contribution in [0, 0.1) is 0 Å². The number of carbonyl (C=O) groups excluding carboxylic acids is 2. The summed E-state index contributed by atoms with van der Waals surface area (Å²) in [5, 5.41) is 23.7. The van der Waals surface area contributed by atoms with Crippen molar-refractivity contribution in [2.45, 2.75) is 296 Å². The smallest absolute Gasteiger partial charge is 0.306 e. The Balaban J connectivity index is 4.53. The number of aliphatic hydroxyl groups excluding tert-OH is 2. The van der Waals surface area contributed by atoms with E-state index in [2.05, 4.69) is 62.5 Å². The fourth-order valence-corrected chi connectivity index (χ4v) is 8.10. The number of aliphatic hydroxyl groups is 2. The van der Waals surface area contributed by atoms with Gasteiger partial charge in [0.2, 0.25) is 5.91 Å². The first-order chi connectivity index (χ1) is 30.0. The van der Waals surface area contributed by atoms with Crippen LogP contribution < -0.4 is 5.32 Å². The topological polar surface area (TPSA) is 95.9 Å². The molecule has 0 heterocycles. The van der Waals surface area contributed by atoms with Gasteiger partial charge in [-0.15, -0.1) is 0 Å². The Morgan fingerprint density at radius 1 is 0.475 bits per heavy atom. The van der Waals surface area contributed by atoms with Crippen molar-refractivity contribution in [3.05, 3.63) is 36.5 Å². The van der Waals surface area contributed by atoms with Crippen molar-refractivity contribution >= 4 is 11.9 Å². The second-order valence-electron chi connectivity index (χ2n) is 18.3. The van der Waals surface area contributed by atoms with Crippen LogP contribution in [0.3, 0.4) is 0 Å². The van der Waals surface area contributed by atoms with E-state index in [0.717, 1.165) is 70.6 Å².